The minimum absolute atomic E-state index is 0.0230. The quantitative estimate of drug-likeness (QED) is 0.253. The Balaban J connectivity index is 0.00000128. The number of hydrogen-bond acceptors (Lipinski definition) is 6. The summed E-state index contributed by atoms with van der Waals surface area (Å²) >= 11 is -0.750. The summed E-state index contributed by atoms with van der Waals surface area (Å²) in [6.45, 7) is 0.0197. The number of pyridine rings is 2. The van der Waals surface area contributed by atoms with Crippen LogP contribution in [0.25, 0.3) is 27.8 Å². The molecule has 0 saturated heterocycles. The fourth-order valence-electron chi connectivity index (χ4n) is 4.95. The molecule has 45 heavy (non-hydrogen) atoms. The van der Waals surface area contributed by atoms with Crippen LogP contribution in [0.3, 0.4) is 0 Å². The summed E-state index contributed by atoms with van der Waals surface area (Å²) in [7, 11) is 0. The molecule has 2 N–H and O–H groups in total. The molecule has 226 valence electrons. The first-order chi connectivity index (χ1) is 21.8. The van der Waals surface area contributed by atoms with E-state index in [-0.39, 0.29) is 24.4 Å². The number of amides is 1. The second-order valence-electron chi connectivity index (χ2n) is 9.87. The van der Waals surface area contributed by atoms with Crippen molar-refractivity contribution < 1.29 is 27.1 Å². The van der Waals surface area contributed by atoms with Gasteiger partial charge in [-0.05, 0) is 83.4 Å². The molecule has 1 amide bonds. The van der Waals surface area contributed by atoms with Crippen LogP contribution < -0.4 is 10.9 Å². The number of aromatic hydroxyl groups is 1. The number of nitrogens with one attached hydrogen (secondary N) is 1. The second kappa shape index (κ2) is 13.7. The molecular weight excluding hydrogens is 602 g/mol. The Bertz CT molecular complexity index is 2110. The van der Waals surface area contributed by atoms with E-state index in [0.29, 0.717) is 11.1 Å². The molecule has 6 rings (SSSR count). The van der Waals surface area contributed by atoms with E-state index in [1.54, 1.807) is 24.4 Å². The predicted molar refractivity (Wildman–Crippen MR) is 164 cm³/mol. The fourth-order valence-corrected chi connectivity index (χ4v) is 4.95. The summed E-state index contributed by atoms with van der Waals surface area (Å²) in [5.41, 5.74) is 3.63. The average Bonchev–Trinajstić information content (AvgIpc) is 3.43. The molecule has 6 aromatic rings. The van der Waals surface area contributed by atoms with Crippen molar-refractivity contribution in [1.29, 1.82) is 0 Å². The lowest BCUT2D eigenvalue weighted by molar-refractivity contribution is 0.0948. The van der Waals surface area contributed by atoms with Gasteiger partial charge in [0.05, 0.1) is 6.54 Å². The van der Waals surface area contributed by atoms with Crippen LogP contribution in [0.1, 0.15) is 21.5 Å². The van der Waals surface area contributed by atoms with Crippen LogP contribution in [0.15, 0.2) is 114 Å². The first-order valence-corrected chi connectivity index (χ1v) is 14.1. The highest BCUT2D eigenvalue weighted by molar-refractivity contribution is 7.51. The van der Waals surface area contributed by atoms with Crippen LogP contribution in [0.5, 0.6) is 5.75 Å². The fraction of sp³-hybridized carbons (Fsp3) is 0.0606. The third-order valence-electron chi connectivity index (χ3n) is 6.94. The summed E-state index contributed by atoms with van der Waals surface area (Å²) in [5, 5.41) is 14.2. The predicted octanol–water partition coefficient (Wildman–Crippen LogP) is 5.15. The van der Waals surface area contributed by atoms with Crippen LogP contribution >= 0.6 is 0 Å². The number of benzene rings is 3. The average molecular weight is 627 g/mol. The lowest BCUT2D eigenvalue weighted by atomic mass is 10.0. The van der Waals surface area contributed by atoms with Gasteiger partial charge in [-0.3, -0.25) is 9.59 Å². The molecule has 3 aromatic carbocycles. The van der Waals surface area contributed by atoms with Gasteiger partial charge in [-0.15, -0.1) is 0 Å². The van der Waals surface area contributed by atoms with Crippen LogP contribution in [0.2, 0.25) is 0 Å². The van der Waals surface area contributed by atoms with Gasteiger partial charge in [0.2, 0.25) is 0 Å². The molecular formula is C33H24F2N4O5S. The van der Waals surface area contributed by atoms with E-state index in [4.69, 9.17) is 8.42 Å². The van der Waals surface area contributed by atoms with Gasteiger partial charge in [-0.2, -0.15) is 8.42 Å². The van der Waals surface area contributed by atoms with E-state index >= 15 is 0 Å². The Morgan fingerprint density at radius 3 is 2.42 bits per heavy atom. The zero-order valence-corrected chi connectivity index (χ0v) is 24.2. The van der Waals surface area contributed by atoms with Crippen molar-refractivity contribution in [2.45, 2.75) is 13.1 Å². The minimum atomic E-state index is -1.01. The van der Waals surface area contributed by atoms with Crippen molar-refractivity contribution in [3.05, 3.63) is 148 Å². The number of carbonyl (C=O) groups is 1. The molecule has 0 aliphatic rings. The lowest BCUT2D eigenvalue weighted by Crippen LogP contribution is -2.32. The molecule has 9 nitrogen and oxygen atoms in total. The highest BCUT2D eigenvalue weighted by Gasteiger charge is 2.16. The summed E-state index contributed by atoms with van der Waals surface area (Å²) < 4.78 is 46.7. The number of rotatable bonds is 7. The number of nitrogens with zero attached hydrogens (tertiary/aromatic N) is 3. The molecule has 0 atom stereocenters. The molecule has 0 saturated carbocycles. The van der Waals surface area contributed by atoms with E-state index in [9.17, 15) is 23.5 Å². The maximum atomic E-state index is 13.6. The number of fused-ring (bicyclic) bond motifs is 1. The molecule has 0 aliphatic carbocycles. The van der Waals surface area contributed by atoms with Gasteiger partial charge in [0.1, 0.15) is 17.0 Å². The van der Waals surface area contributed by atoms with Gasteiger partial charge in [0.15, 0.2) is 11.6 Å². The third-order valence-corrected chi connectivity index (χ3v) is 6.94. The molecule has 0 radical (unpaired) electrons. The maximum Gasteiger partial charge on any atom is 0.335 e. The molecule has 0 fully saturated rings. The largest absolute Gasteiger partial charge is 0.508 e. The molecule has 0 bridgehead atoms. The summed E-state index contributed by atoms with van der Waals surface area (Å²) in [6.07, 6.45) is 5.16. The van der Waals surface area contributed by atoms with Gasteiger partial charge in [0, 0.05) is 41.8 Å². The summed E-state index contributed by atoms with van der Waals surface area (Å²) in [6, 6.07) is 25.0. The van der Waals surface area contributed by atoms with E-state index in [0.717, 1.165) is 40.0 Å². The van der Waals surface area contributed by atoms with E-state index in [1.165, 1.54) is 22.9 Å². The van der Waals surface area contributed by atoms with Crippen LogP contribution in [-0.4, -0.2) is 33.5 Å². The first kappa shape index (κ1) is 30.7. The lowest BCUT2D eigenvalue weighted by Gasteiger charge is -2.10. The monoisotopic (exact) mass is 626 g/mol. The molecule has 0 aliphatic heterocycles. The van der Waals surface area contributed by atoms with Crippen LogP contribution in [0.4, 0.5) is 8.78 Å². The van der Waals surface area contributed by atoms with Crippen molar-refractivity contribution in [2.24, 2.45) is 0 Å². The van der Waals surface area contributed by atoms with Crippen molar-refractivity contribution in [3.63, 3.8) is 0 Å². The maximum absolute atomic E-state index is 13.6. The Morgan fingerprint density at radius 2 is 1.67 bits per heavy atom. The zero-order chi connectivity index (χ0) is 31.9. The van der Waals surface area contributed by atoms with Gasteiger partial charge < -0.3 is 19.6 Å². The van der Waals surface area contributed by atoms with Gasteiger partial charge in [-0.1, -0.05) is 24.3 Å². The summed E-state index contributed by atoms with van der Waals surface area (Å²) in [5.74, 6) is -2.57. The SMILES string of the molecule is O=C(NCc1cc(O)cc(-c2cn(-c3ccccc3)c3ncccc23)c1)c1cccn(Cc2ccc(F)c(F)c2)c1=O.O=S=O. The Kier molecular flexibility index (Phi) is 9.34. The van der Waals surface area contributed by atoms with Crippen molar-refractivity contribution in [1.82, 2.24) is 19.4 Å². The minimum Gasteiger partial charge on any atom is -0.508 e. The molecule has 0 spiro atoms. The highest BCUT2D eigenvalue weighted by Crippen LogP contribution is 2.34. The number of phenolic OH excluding ortho intramolecular Hbond substituents is 1. The van der Waals surface area contributed by atoms with E-state index < -0.39 is 34.7 Å². The number of carbonyl (C=O) groups excluding carboxylic acids is 1. The number of hydrogen-bond donors (Lipinski definition) is 2. The van der Waals surface area contributed by atoms with E-state index in [2.05, 4.69) is 10.3 Å². The normalized spacial score (nSPS) is 10.6. The smallest absolute Gasteiger partial charge is 0.335 e. The first-order valence-electron chi connectivity index (χ1n) is 13.5. The van der Waals surface area contributed by atoms with Crippen LogP contribution in [0, 0.1) is 11.6 Å². The topological polar surface area (TPSA) is 123 Å². The van der Waals surface area contributed by atoms with Gasteiger partial charge >= 0.3 is 11.6 Å². The molecule has 0 unspecified atom stereocenters. The van der Waals surface area contributed by atoms with Gasteiger partial charge in [-0.25, -0.2) is 13.8 Å². The van der Waals surface area contributed by atoms with Crippen molar-refractivity contribution in [2.75, 3.05) is 0 Å². The summed E-state index contributed by atoms with van der Waals surface area (Å²) in [4.78, 5) is 30.6. The molecule has 12 heteroatoms. The molecule has 3 heterocycles. The van der Waals surface area contributed by atoms with Crippen molar-refractivity contribution in [3.8, 4) is 22.6 Å². The number of aromatic nitrogens is 3. The number of halogens is 2. The van der Waals surface area contributed by atoms with E-state index in [1.807, 2.05) is 59.3 Å². The highest BCUT2D eigenvalue weighted by atomic mass is 32.1. The standard InChI is InChI=1S/C33H24F2N4O3.O2S/c34-29-11-10-21(16-30(29)35)19-38-13-5-9-27(33(38)42)32(41)37-18-22-14-23(17-25(40)15-22)28-20-39(24-6-2-1-3-7-24)31-26(28)8-4-12-36-31;1-3-2/h1-17,20,40H,18-19H2,(H,37,41);. The molecule has 3 aromatic heterocycles. The Labute approximate surface area is 258 Å². The Hall–Kier alpha value is -5.75. The zero-order valence-electron chi connectivity index (χ0n) is 23.4. The number of para-hydroxylation sites is 1. The third kappa shape index (κ3) is 6.92. The Morgan fingerprint density at radius 1 is 0.889 bits per heavy atom. The van der Waals surface area contributed by atoms with Gasteiger partial charge in [0.25, 0.3) is 11.5 Å². The second-order valence-corrected chi connectivity index (χ2v) is 10.0. The van der Waals surface area contributed by atoms with Crippen LogP contribution in [-0.2, 0) is 24.7 Å². The number of phenols is 1. The van der Waals surface area contributed by atoms with Crippen molar-refractivity contribution >= 4 is 28.5 Å².